The second-order valence-corrected chi connectivity index (χ2v) is 9.74. The van der Waals surface area contributed by atoms with Crippen molar-refractivity contribution in [1.29, 1.82) is 0 Å². The van der Waals surface area contributed by atoms with Crippen LogP contribution in [0.3, 0.4) is 0 Å². The number of anilines is 1. The molecule has 3 heterocycles. The van der Waals surface area contributed by atoms with Gasteiger partial charge in [0.25, 0.3) is 5.91 Å². The minimum atomic E-state index is -4.60. The highest BCUT2D eigenvalue weighted by Gasteiger charge is 2.34. The molecule has 206 valence electrons. The average Bonchev–Trinajstić information content (AvgIpc) is 3.34. The number of pyridine rings is 1. The van der Waals surface area contributed by atoms with Crippen molar-refractivity contribution in [1.82, 2.24) is 24.4 Å². The van der Waals surface area contributed by atoms with E-state index in [1.807, 2.05) is 18.0 Å². The van der Waals surface area contributed by atoms with Gasteiger partial charge in [-0.15, -0.1) is 10.2 Å². The second-order valence-electron chi connectivity index (χ2n) is 9.74. The zero-order chi connectivity index (χ0) is 28.4. The molecular formula is C29H26F4N6O. The summed E-state index contributed by atoms with van der Waals surface area (Å²) in [5.41, 5.74) is 0.274. The predicted molar refractivity (Wildman–Crippen MR) is 142 cm³/mol. The van der Waals surface area contributed by atoms with E-state index in [1.54, 1.807) is 22.7 Å². The number of fused-ring (bicyclic) bond motifs is 1. The summed E-state index contributed by atoms with van der Waals surface area (Å²) in [5, 5.41) is 10.5. The first-order chi connectivity index (χ1) is 19.1. The first-order valence-corrected chi connectivity index (χ1v) is 12.6. The smallest absolute Gasteiger partial charge is 0.322 e. The highest BCUT2D eigenvalue weighted by Crippen LogP contribution is 2.35. The van der Waals surface area contributed by atoms with Crippen molar-refractivity contribution >= 4 is 17.2 Å². The first-order valence-electron chi connectivity index (χ1n) is 12.6. The van der Waals surface area contributed by atoms with Crippen LogP contribution in [-0.4, -0.2) is 63.5 Å². The van der Waals surface area contributed by atoms with Crippen molar-refractivity contribution in [3.8, 4) is 11.8 Å². The van der Waals surface area contributed by atoms with Gasteiger partial charge in [0.15, 0.2) is 5.65 Å². The third-order valence-corrected chi connectivity index (χ3v) is 6.89. The van der Waals surface area contributed by atoms with E-state index in [4.69, 9.17) is 0 Å². The number of likely N-dealkylation sites (N-methyl/N-ethyl adjacent to an activating group) is 1. The van der Waals surface area contributed by atoms with E-state index in [9.17, 15) is 22.4 Å². The van der Waals surface area contributed by atoms with E-state index in [2.05, 4.69) is 32.3 Å². The number of benzene rings is 2. The summed E-state index contributed by atoms with van der Waals surface area (Å²) in [7, 11) is 1.98. The molecule has 0 spiro atoms. The van der Waals surface area contributed by atoms with Gasteiger partial charge < -0.3 is 10.2 Å². The van der Waals surface area contributed by atoms with Crippen LogP contribution < -0.4 is 5.32 Å². The number of nitrogens with one attached hydrogen (secondary N) is 1. The Balaban J connectivity index is 1.38. The van der Waals surface area contributed by atoms with Gasteiger partial charge >= 0.3 is 6.18 Å². The van der Waals surface area contributed by atoms with Gasteiger partial charge in [0.2, 0.25) is 5.82 Å². The molecule has 0 saturated carbocycles. The minimum Gasteiger partial charge on any atom is -0.322 e. The predicted octanol–water partition coefficient (Wildman–Crippen LogP) is 4.60. The van der Waals surface area contributed by atoms with Gasteiger partial charge in [-0.3, -0.25) is 14.1 Å². The van der Waals surface area contributed by atoms with Gasteiger partial charge in [-0.25, -0.2) is 4.39 Å². The number of halogens is 4. The number of nitrogens with zero attached hydrogens (tertiary/aromatic N) is 5. The molecule has 0 unspecified atom stereocenters. The Morgan fingerprint density at radius 2 is 1.80 bits per heavy atom. The Kier molecular flexibility index (Phi) is 7.56. The maximum Gasteiger partial charge on any atom is 0.416 e. The van der Waals surface area contributed by atoms with E-state index in [0.717, 1.165) is 25.2 Å². The first kappa shape index (κ1) is 27.3. The van der Waals surface area contributed by atoms with Crippen LogP contribution in [0.15, 0.2) is 54.7 Å². The number of amides is 1. The third-order valence-electron chi connectivity index (χ3n) is 6.89. The van der Waals surface area contributed by atoms with Crippen LogP contribution in [-0.2, 0) is 12.7 Å². The lowest BCUT2D eigenvalue weighted by molar-refractivity contribution is -0.138. The minimum absolute atomic E-state index is 0.0389. The van der Waals surface area contributed by atoms with Crippen LogP contribution in [0.5, 0.6) is 0 Å². The maximum absolute atomic E-state index is 14.7. The van der Waals surface area contributed by atoms with Crippen molar-refractivity contribution in [2.45, 2.75) is 19.6 Å². The Bertz CT molecular complexity index is 1630. The van der Waals surface area contributed by atoms with Gasteiger partial charge in [0.05, 0.1) is 5.56 Å². The molecule has 1 N–H and O–H groups in total. The average molecular weight is 551 g/mol. The van der Waals surface area contributed by atoms with E-state index < -0.39 is 23.5 Å². The monoisotopic (exact) mass is 550 g/mol. The van der Waals surface area contributed by atoms with E-state index in [1.165, 1.54) is 25.1 Å². The van der Waals surface area contributed by atoms with Gasteiger partial charge in [-0.05, 0) is 61.9 Å². The number of carbonyl (C=O) groups is 1. The lowest BCUT2D eigenvalue weighted by atomic mass is 10.0. The molecular weight excluding hydrogens is 524 g/mol. The van der Waals surface area contributed by atoms with Crippen molar-refractivity contribution in [3.63, 3.8) is 0 Å². The number of piperazine rings is 1. The van der Waals surface area contributed by atoms with Crippen molar-refractivity contribution in [2.24, 2.45) is 0 Å². The van der Waals surface area contributed by atoms with E-state index in [-0.39, 0.29) is 34.5 Å². The van der Waals surface area contributed by atoms with Crippen LogP contribution in [0.2, 0.25) is 0 Å². The normalized spacial score (nSPS) is 14.7. The molecule has 7 nitrogen and oxygen atoms in total. The third kappa shape index (κ3) is 5.98. The maximum atomic E-state index is 14.7. The Morgan fingerprint density at radius 3 is 2.55 bits per heavy atom. The molecule has 5 rings (SSSR count). The number of hydrogen-bond donors (Lipinski definition) is 1. The van der Waals surface area contributed by atoms with Crippen LogP contribution in [0.25, 0.3) is 5.65 Å². The van der Waals surface area contributed by atoms with E-state index >= 15 is 0 Å². The summed E-state index contributed by atoms with van der Waals surface area (Å²) in [6.45, 7) is 4.59. The summed E-state index contributed by atoms with van der Waals surface area (Å²) in [4.78, 5) is 17.1. The molecule has 4 aromatic rings. The molecule has 0 aliphatic carbocycles. The summed E-state index contributed by atoms with van der Waals surface area (Å²) in [6, 6.07) is 11.5. The van der Waals surface area contributed by atoms with Crippen LogP contribution in [0.1, 0.15) is 38.4 Å². The van der Waals surface area contributed by atoms with Gasteiger partial charge in [-0.2, -0.15) is 13.2 Å². The Hall–Kier alpha value is -4.27. The fourth-order valence-corrected chi connectivity index (χ4v) is 4.50. The molecule has 11 heteroatoms. The molecule has 1 aliphatic heterocycles. The zero-order valence-corrected chi connectivity index (χ0v) is 21.9. The zero-order valence-electron chi connectivity index (χ0n) is 21.9. The molecule has 2 aromatic carbocycles. The van der Waals surface area contributed by atoms with Gasteiger partial charge in [0, 0.05) is 61.3 Å². The molecule has 1 saturated heterocycles. The highest BCUT2D eigenvalue weighted by molar-refractivity contribution is 6.04. The molecule has 0 bridgehead atoms. The number of rotatable bonds is 4. The molecule has 2 aromatic heterocycles. The summed E-state index contributed by atoms with van der Waals surface area (Å²) in [5.74, 6) is 4.59. The number of carbonyl (C=O) groups excluding carboxylic acids is 1. The Morgan fingerprint density at radius 1 is 1.02 bits per heavy atom. The fraction of sp³-hybridized carbons (Fsp3) is 0.276. The molecule has 1 fully saturated rings. The quantitative estimate of drug-likeness (QED) is 0.297. The fourth-order valence-electron chi connectivity index (χ4n) is 4.50. The molecule has 40 heavy (non-hydrogen) atoms. The lowest BCUT2D eigenvalue weighted by Gasteiger charge is -2.33. The molecule has 0 atom stereocenters. The van der Waals surface area contributed by atoms with Crippen LogP contribution in [0, 0.1) is 24.6 Å². The van der Waals surface area contributed by atoms with Crippen molar-refractivity contribution in [3.05, 3.63) is 94.2 Å². The number of hydrogen-bond acceptors (Lipinski definition) is 5. The van der Waals surface area contributed by atoms with E-state index in [0.29, 0.717) is 24.6 Å². The van der Waals surface area contributed by atoms with Crippen LogP contribution in [0.4, 0.5) is 23.2 Å². The van der Waals surface area contributed by atoms with Crippen molar-refractivity contribution < 1.29 is 22.4 Å². The Labute approximate surface area is 228 Å². The second kappa shape index (κ2) is 11.1. The van der Waals surface area contributed by atoms with Crippen LogP contribution >= 0.6 is 0 Å². The standard InChI is InChI=1S/C29H26F4N6O/c1-19-20(7-9-27-36-35-26-5-3-4-10-39(26)27)15-22(16-25(19)30)28(40)34-23-8-6-21(24(17-23)29(31,32)33)18-38-13-11-37(2)12-14-38/h3-6,8,10,15-17H,11-14,18H2,1-2H3,(H,34,40). The number of aromatic nitrogens is 3. The summed E-state index contributed by atoms with van der Waals surface area (Å²) >= 11 is 0. The van der Waals surface area contributed by atoms with Gasteiger partial charge in [0.1, 0.15) is 5.82 Å². The molecule has 1 amide bonds. The summed E-state index contributed by atoms with van der Waals surface area (Å²) < 4.78 is 58.2. The SMILES string of the molecule is Cc1c(F)cc(C(=O)Nc2ccc(CN3CCN(C)CC3)c(C(F)(F)F)c2)cc1C#Cc1nnc2ccccn12. The lowest BCUT2D eigenvalue weighted by Crippen LogP contribution is -2.44. The molecule has 1 aliphatic rings. The van der Waals surface area contributed by atoms with Crippen molar-refractivity contribution in [2.75, 3.05) is 38.5 Å². The molecule has 0 radical (unpaired) electrons. The largest absolute Gasteiger partial charge is 0.416 e. The summed E-state index contributed by atoms with van der Waals surface area (Å²) in [6.07, 6.45) is -2.87. The number of alkyl halides is 3. The highest BCUT2D eigenvalue weighted by atomic mass is 19.4. The van der Waals surface area contributed by atoms with Gasteiger partial charge in [-0.1, -0.05) is 18.1 Å². The topological polar surface area (TPSA) is 65.8 Å².